The van der Waals surface area contributed by atoms with E-state index < -0.39 is 10.0 Å². The predicted octanol–water partition coefficient (Wildman–Crippen LogP) is 4.63. The topological polar surface area (TPSA) is 98.5 Å². The molecule has 4 aromatic rings. The van der Waals surface area contributed by atoms with Gasteiger partial charge in [0.15, 0.2) is 0 Å². The zero-order valence-corrected chi connectivity index (χ0v) is 21.0. The van der Waals surface area contributed by atoms with Crippen LogP contribution in [0.2, 0.25) is 5.02 Å². The van der Waals surface area contributed by atoms with Gasteiger partial charge in [-0.05, 0) is 42.0 Å². The number of nitrogens with one attached hydrogen (secondary N) is 1. The fourth-order valence-corrected chi connectivity index (χ4v) is 5.47. The van der Waals surface area contributed by atoms with Crippen molar-refractivity contribution >= 4 is 39.6 Å². The monoisotopic (exact) mass is 527 g/mol. The number of aromatic nitrogens is 3. The van der Waals surface area contributed by atoms with E-state index in [-0.39, 0.29) is 16.7 Å². The second kappa shape index (κ2) is 11.5. The van der Waals surface area contributed by atoms with E-state index in [4.69, 9.17) is 16.3 Å². The number of sulfonamides is 1. The molecule has 0 spiro atoms. The molecule has 0 saturated heterocycles. The highest BCUT2D eigenvalue weighted by Gasteiger charge is 2.21. The zero-order valence-electron chi connectivity index (χ0n) is 18.7. The number of nitrogens with zero attached hydrogens (tertiary/aromatic N) is 4. The molecular formula is C24H22ClN5O3S2. The van der Waals surface area contributed by atoms with Crippen molar-refractivity contribution < 1.29 is 13.2 Å². The lowest BCUT2D eigenvalue weighted by Gasteiger charge is -2.17. The molecule has 0 amide bonds. The van der Waals surface area contributed by atoms with Crippen molar-refractivity contribution in [3.05, 3.63) is 101 Å². The number of ether oxygens (including phenoxy) is 1. The molecule has 4 rings (SSSR count). The average molecular weight is 528 g/mol. The lowest BCUT2D eigenvalue weighted by atomic mass is 10.1. The van der Waals surface area contributed by atoms with Gasteiger partial charge in [0.2, 0.25) is 15.2 Å². The summed E-state index contributed by atoms with van der Waals surface area (Å²) in [5.74, 6) is 0.692. The molecule has 0 aliphatic rings. The first kappa shape index (κ1) is 24.9. The number of methoxy groups -OCH3 is 1. The van der Waals surface area contributed by atoms with E-state index in [9.17, 15) is 8.42 Å². The molecule has 0 radical (unpaired) electrons. The van der Waals surface area contributed by atoms with Crippen molar-refractivity contribution in [3.63, 3.8) is 0 Å². The minimum Gasteiger partial charge on any atom is -0.496 e. The van der Waals surface area contributed by atoms with E-state index in [0.29, 0.717) is 15.9 Å². The minimum atomic E-state index is -3.73. The van der Waals surface area contributed by atoms with Gasteiger partial charge >= 0.3 is 0 Å². The lowest BCUT2D eigenvalue weighted by molar-refractivity contribution is 0.414. The summed E-state index contributed by atoms with van der Waals surface area (Å²) in [4.78, 5) is 0.142. The number of benzene rings is 3. The molecule has 0 aliphatic heterocycles. The van der Waals surface area contributed by atoms with Crippen molar-refractivity contribution in [1.29, 1.82) is 0 Å². The molecule has 1 heterocycles. The van der Waals surface area contributed by atoms with Crippen LogP contribution in [0.15, 0.2) is 100 Å². The van der Waals surface area contributed by atoms with Gasteiger partial charge in [0.25, 0.3) is 0 Å². The first-order valence-electron chi connectivity index (χ1n) is 10.5. The molecule has 3 aromatic carbocycles. The van der Waals surface area contributed by atoms with Crippen molar-refractivity contribution in [2.45, 2.75) is 15.3 Å². The van der Waals surface area contributed by atoms with E-state index in [1.165, 1.54) is 30.2 Å². The molecule has 0 saturated carbocycles. The Bertz CT molecular complexity index is 1390. The van der Waals surface area contributed by atoms with Crippen LogP contribution in [0.3, 0.4) is 0 Å². The van der Waals surface area contributed by atoms with E-state index in [1.807, 2.05) is 54.6 Å². The number of thioether (sulfide) groups is 1. The second-order valence-corrected chi connectivity index (χ2v) is 10.6. The number of para-hydroxylation sites is 1. The molecule has 35 heavy (non-hydrogen) atoms. The van der Waals surface area contributed by atoms with Crippen LogP contribution in [0.5, 0.6) is 5.75 Å². The average Bonchev–Trinajstić information content (AvgIpc) is 3.33. The maximum atomic E-state index is 12.8. The van der Waals surface area contributed by atoms with Crippen LogP contribution in [0.4, 0.5) is 0 Å². The summed E-state index contributed by atoms with van der Waals surface area (Å²) in [6.45, 7) is 0.128. The Morgan fingerprint density at radius 2 is 1.80 bits per heavy atom. The van der Waals surface area contributed by atoms with Gasteiger partial charge in [-0.15, -0.1) is 10.2 Å². The van der Waals surface area contributed by atoms with Crippen molar-refractivity contribution in [3.8, 4) is 5.75 Å². The Hall–Kier alpha value is -3.18. The molecule has 1 N–H and O–H groups in total. The van der Waals surface area contributed by atoms with E-state index in [1.54, 1.807) is 30.1 Å². The fourth-order valence-electron chi connectivity index (χ4n) is 3.18. The van der Waals surface area contributed by atoms with E-state index in [0.717, 1.165) is 11.1 Å². The maximum absolute atomic E-state index is 12.8. The molecule has 1 unspecified atom stereocenters. The van der Waals surface area contributed by atoms with Gasteiger partial charge in [0.1, 0.15) is 12.1 Å². The molecule has 180 valence electrons. The number of hydrogen-bond donors (Lipinski definition) is 1. The smallest absolute Gasteiger partial charge is 0.240 e. The summed E-state index contributed by atoms with van der Waals surface area (Å²) in [5.41, 5.74) is 1.73. The van der Waals surface area contributed by atoms with Gasteiger partial charge in [-0.25, -0.2) is 13.1 Å². The molecule has 0 bridgehead atoms. The Kier molecular flexibility index (Phi) is 8.19. The van der Waals surface area contributed by atoms with Crippen LogP contribution in [0.1, 0.15) is 16.4 Å². The molecule has 1 aromatic heterocycles. The van der Waals surface area contributed by atoms with Crippen molar-refractivity contribution in [2.75, 3.05) is 13.7 Å². The molecule has 0 fully saturated rings. The Morgan fingerprint density at radius 3 is 2.54 bits per heavy atom. The highest BCUT2D eigenvalue weighted by atomic mass is 35.5. The maximum Gasteiger partial charge on any atom is 0.240 e. The number of halogens is 1. The highest BCUT2D eigenvalue weighted by molar-refractivity contribution is 7.99. The normalized spacial score (nSPS) is 12.6. The van der Waals surface area contributed by atoms with Gasteiger partial charge < -0.3 is 4.74 Å². The van der Waals surface area contributed by atoms with E-state index in [2.05, 4.69) is 20.0 Å². The van der Waals surface area contributed by atoms with E-state index >= 15 is 0 Å². The number of hydrogen-bond acceptors (Lipinski definition) is 7. The summed E-state index contributed by atoms with van der Waals surface area (Å²) in [5, 5.41) is 13.3. The summed E-state index contributed by atoms with van der Waals surface area (Å²) >= 11 is 7.25. The minimum absolute atomic E-state index is 0.128. The first-order chi connectivity index (χ1) is 17.0. The number of rotatable bonds is 10. The van der Waals surface area contributed by atoms with Crippen LogP contribution in [0.25, 0.3) is 0 Å². The van der Waals surface area contributed by atoms with Gasteiger partial charge in [0.05, 0.1) is 23.5 Å². The standard InChI is InChI=1S/C24H22ClN5O3S2/c1-33-22-10-6-5-9-19(22)15-27-30-17-26-29-24(30)34-23(18-7-3-2-4-8-18)16-28-35(31,32)21-13-11-20(25)12-14-21/h2-15,17,23,28H,16H2,1H3/b27-15-. The third kappa shape index (κ3) is 6.49. The summed E-state index contributed by atoms with van der Waals surface area (Å²) in [6, 6.07) is 23.1. The quantitative estimate of drug-likeness (QED) is 0.238. The molecule has 8 nitrogen and oxygen atoms in total. The lowest BCUT2D eigenvalue weighted by Crippen LogP contribution is -2.27. The highest BCUT2D eigenvalue weighted by Crippen LogP contribution is 2.34. The van der Waals surface area contributed by atoms with Crippen LogP contribution in [0, 0.1) is 0 Å². The molecule has 11 heteroatoms. The third-order valence-corrected chi connectivity index (χ3v) is 7.86. The third-order valence-electron chi connectivity index (χ3n) is 4.96. The predicted molar refractivity (Wildman–Crippen MR) is 138 cm³/mol. The van der Waals surface area contributed by atoms with Gasteiger partial charge in [0, 0.05) is 17.1 Å². The molecule has 1 atom stereocenters. The summed E-state index contributed by atoms with van der Waals surface area (Å²) < 4.78 is 35.3. The van der Waals surface area contributed by atoms with Crippen molar-refractivity contribution in [1.82, 2.24) is 19.6 Å². The largest absolute Gasteiger partial charge is 0.496 e. The first-order valence-corrected chi connectivity index (χ1v) is 13.2. The Labute approximate surface area is 213 Å². The summed E-state index contributed by atoms with van der Waals surface area (Å²) in [6.07, 6.45) is 3.15. The SMILES string of the molecule is COc1ccccc1/C=N\n1cnnc1SC(CNS(=O)(=O)c1ccc(Cl)cc1)c1ccccc1. The van der Waals surface area contributed by atoms with Crippen molar-refractivity contribution in [2.24, 2.45) is 5.10 Å². The molecule has 0 aliphatic carbocycles. The van der Waals surface area contributed by atoms with Crippen LogP contribution in [-0.4, -0.2) is 43.2 Å². The van der Waals surface area contributed by atoms with Gasteiger partial charge in [-0.3, -0.25) is 0 Å². The van der Waals surface area contributed by atoms with Crippen LogP contribution in [-0.2, 0) is 10.0 Å². The summed E-state index contributed by atoms with van der Waals surface area (Å²) in [7, 11) is -2.13. The van der Waals surface area contributed by atoms with Gasteiger partial charge in [-0.1, -0.05) is 65.8 Å². The van der Waals surface area contributed by atoms with Crippen LogP contribution < -0.4 is 9.46 Å². The fraction of sp³-hybridized carbons (Fsp3) is 0.125. The Morgan fingerprint density at radius 1 is 1.09 bits per heavy atom. The van der Waals surface area contributed by atoms with Crippen LogP contribution >= 0.6 is 23.4 Å². The Balaban J connectivity index is 1.55. The van der Waals surface area contributed by atoms with Gasteiger partial charge in [-0.2, -0.15) is 9.78 Å². The second-order valence-electron chi connectivity index (χ2n) is 7.27. The zero-order chi connectivity index (χ0) is 24.7. The molecular weight excluding hydrogens is 506 g/mol.